The summed E-state index contributed by atoms with van der Waals surface area (Å²) >= 11 is 5.00. The standard InChI is InChI=1S/C15H16BrNOS/c1-12-10-19-11-14(12)15(18)17(8-7-16)9-13-5-3-2-4-6-13/h2-6,10-11H,7-9H2,1H3. The van der Waals surface area contributed by atoms with Crippen molar-refractivity contribution in [3.8, 4) is 0 Å². The second-order valence-corrected chi connectivity index (χ2v) is 5.91. The molecule has 0 saturated heterocycles. The highest BCUT2D eigenvalue weighted by molar-refractivity contribution is 9.09. The van der Waals surface area contributed by atoms with Gasteiger partial charge in [0.15, 0.2) is 0 Å². The Bertz CT molecular complexity index is 538. The zero-order valence-electron chi connectivity index (χ0n) is 10.8. The average Bonchev–Trinajstić information content (AvgIpc) is 2.85. The van der Waals surface area contributed by atoms with Gasteiger partial charge in [0.1, 0.15) is 0 Å². The normalized spacial score (nSPS) is 10.4. The van der Waals surface area contributed by atoms with E-state index in [-0.39, 0.29) is 5.91 Å². The Morgan fingerprint density at radius 1 is 1.26 bits per heavy atom. The van der Waals surface area contributed by atoms with Gasteiger partial charge in [0, 0.05) is 23.8 Å². The minimum atomic E-state index is 0.113. The molecule has 0 fully saturated rings. The van der Waals surface area contributed by atoms with E-state index in [2.05, 4.69) is 28.1 Å². The molecule has 0 aliphatic carbocycles. The van der Waals surface area contributed by atoms with Gasteiger partial charge in [-0.15, -0.1) is 0 Å². The monoisotopic (exact) mass is 337 g/mol. The van der Waals surface area contributed by atoms with Crippen LogP contribution < -0.4 is 0 Å². The molecule has 0 unspecified atom stereocenters. The second kappa shape index (κ2) is 6.87. The molecule has 0 spiro atoms. The van der Waals surface area contributed by atoms with Crippen LogP contribution in [0.3, 0.4) is 0 Å². The van der Waals surface area contributed by atoms with E-state index in [1.54, 1.807) is 11.3 Å². The molecular formula is C15H16BrNOS. The molecule has 100 valence electrons. The van der Waals surface area contributed by atoms with Crippen LogP contribution in [0.1, 0.15) is 21.5 Å². The van der Waals surface area contributed by atoms with Crippen molar-refractivity contribution in [1.29, 1.82) is 0 Å². The van der Waals surface area contributed by atoms with Gasteiger partial charge in [-0.3, -0.25) is 4.79 Å². The summed E-state index contributed by atoms with van der Waals surface area (Å²) in [6.07, 6.45) is 0. The van der Waals surface area contributed by atoms with Gasteiger partial charge in [0.2, 0.25) is 0 Å². The fourth-order valence-electron chi connectivity index (χ4n) is 1.91. The smallest absolute Gasteiger partial charge is 0.255 e. The highest BCUT2D eigenvalue weighted by atomic mass is 79.9. The van der Waals surface area contributed by atoms with Crippen molar-refractivity contribution in [3.63, 3.8) is 0 Å². The highest BCUT2D eigenvalue weighted by Crippen LogP contribution is 2.17. The number of thiophene rings is 1. The zero-order chi connectivity index (χ0) is 13.7. The van der Waals surface area contributed by atoms with Crippen molar-refractivity contribution in [2.75, 3.05) is 11.9 Å². The molecule has 0 aliphatic heterocycles. The van der Waals surface area contributed by atoms with Gasteiger partial charge in [-0.25, -0.2) is 0 Å². The van der Waals surface area contributed by atoms with Gasteiger partial charge in [0.25, 0.3) is 5.91 Å². The molecule has 1 aromatic heterocycles. The first-order valence-corrected chi connectivity index (χ1v) is 8.20. The van der Waals surface area contributed by atoms with Crippen molar-refractivity contribution < 1.29 is 4.79 Å². The maximum absolute atomic E-state index is 12.5. The van der Waals surface area contributed by atoms with E-state index in [1.807, 2.05) is 40.8 Å². The minimum Gasteiger partial charge on any atom is -0.333 e. The molecule has 4 heteroatoms. The van der Waals surface area contributed by atoms with Gasteiger partial charge in [-0.1, -0.05) is 46.3 Å². The molecular weight excluding hydrogens is 322 g/mol. The zero-order valence-corrected chi connectivity index (χ0v) is 13.2. The number of benzene rings is 1. The van der Waals surface area contributed by atoms with Gasteiger partial charge in [0.05, 0.1) is 5.56 Å². The average molecular weight is 338 g/mol. The summed E-state index contributed by atoms with van der Waals surface area (Å²) in [5.74, 6) is 0.113. The molecule has 0 saturated carbocycles. The molecule has 0 radical (unpaired) electrons. The molecule has 1 heterocycles. The van der Waals surface area contributed by atoms with Crippen LogP contribution in [0.2, 0.25) is 0 Å². The minimum absolute atomic E-state index is 0.113. The van der Waals surface area contributed by atoms with Crippen LogP contribution in [-0.4, -0.2) is 22.7 Å². The second-order valence-electron chi connectivity index (χ2n) is 4.37. The Balaban J connectivity index is 2.16. The first-order chi connectivity index (χ1) is 9.22. The van der Waals surface area contributed by atoms with Crippen LogP contribution in [0, 0.1) is 6.92 Å². The topological polar surface area (TPSA) is 20.3 Å². The predicted octanol–water partition coefficient (Wildman–Crippen LogP) is 4.09. The summed E-state index contributed by atoms with van der Waals surface area (Å²) in [5, 5.41) is 4.74. The molecule has 1 aromatic carbocycles. The molecule has 2 rings (SSSR count). The Labute approximate surface area is 126 Å². The van der Waals surface area contributed by atoms with E-state index in [0.29, 0.717) is 13.1 Å². The molecule has 1 amide bonds. The molecule has 19 heavy (non-hydrogen) atoms. The number of hydrogen-bond acceptors (Lipinski definition) is 2. The van der Waals surface area contributed by atoms with E-state index in [4.69, 9.17) is 0 Å². The number of carbonyl (C=O) groups is 1. The van der Waals surface area contributed by atoms with E-state index in [1.165, 1.54) is 0 Å². The fourth-order valence-corrected chi connectivity index (χ4v) is 3.16. The molecule has 2 nitrogen and oxygen atoms in total. The summed E-state index contributed by atoms with van der Waals surface area (Å²) in [6, 6.07) is 10.1. The quantitative estimate of drug-likeness (QED) is 0.752. The van der Waals surface area contributed by atoms with Gasteiger partial charge in [-0.05, 0) is 23.4 Å². The van der Waals surface area contributed by atoms with Gasteiger partial charge in [-0.2, -0.15) is 11.3 Å². The number of nitrogens with zero attached hydrogens (tertiary/aromatic N) is 1. The van der Waals surface area contributed by atoms with E-state index < -0.39 is 0 Å². The third-order valence-corrected chi connectivity index (χ3v) is 4.16. The molecule has 0 bridgehead atoms. The lowest BCUT2D eigenvalue weighted by atomic mass is 10.1. The lowest BCUT2D eigenvalue weighted by molar-refractivity contribution is 0.0754. The van der Waals surface area contributed by atoms with Crippen molar-refractivity contribution in [3.05, 3.63) is 57.8 Å². The Morgan fingerprint density at radius 2 is 2.00 bits per heavy atom. The number of rotatable bonds is 5. The summed E-state index contributed by atoms with van der Waals surface area (Å²) in [6.45, 7) is 3.35. The number of aryl methyl sites for hydroxylation is 1. The highest BCUT2D eigenvalue weighted by Gasteiger charge is 2.17. The summed E-state index contributed by atoms with van der Waals surface area (Å²) in [5.41, 5.74) is 3.04. The maximum atomic E-state index is 12.5. The largest absolute Gasteiger partial charge is 0.333 e. The van der Waals surface area contributed by atoms with Crippen LogP contribution in [0.15, 0.2) is 41.1 Å². The number of hydrogen-bond donors (Lipinski definition) is 0. The van der Waals surface area contributed by atoms with Crippen molar-refractivity contribution in [1.82, 2.24) is 4.90 Å². The third-order valence-electron chi connectivity index (χ3n) is 2.94. The fraction of sp³-hybridized carbons (Fsp3) is 0.267. The maximum Gasteiger partial charge on any atom is 0.255 e. The van der Waals surface area contributed by atoms with E-state index in [0.717, 1.165) is 22.0 Å². The molecule has 2 aromatic rings. The first-order valence-electron chi connectivity index (χ1n) is 6.14. The van der Waals surface area contributed by atoms with Crippen LogP contribution in [-0.2, 0) is 6.54 Å². The Kier molecular flexibility index (Phi) is 5.16. The van der Waals surface area contributed by atoms with Crippen LogP contribution in [0.5, 0.6) is 0 Å². The Morgan fingerprint density at radius 3 is 2.58 bits per heavy atom. The van der Waals surface area contributed by atoms with Crippen molar-refractivity contribution in [2.24, 2.45) is 0 Å². The van der Waals surface area contributed by atoms with Crippen LogP contribution >= 0.6 is 27.3 Å². The van der Waals surface area contributed by atoms with Gasteiger partial charge >= 0.3 is 0 Å². The van der Waals surface area contributed by atoms with E-state index in [9.17, 15) is 4.79 Å². The predicted molar refractivity (Wildman–Crippen MR) is 84.0 cm³/mol. The molecule has 0 atom stereocenters. The summed E-state index contributed by atoms with van der Waals surface area (Å²) in [7, 11) is 0. The number of alkyl halides is 1. The number of carbonyl (C=O) groups excluding carboxylic acids is 1. The van der Waals surface area contributed by atoms with Crippen molar-refractivity contribution >= 4 is 33.2 Å². The van der Waals surface area contributed by atoms with E-state index >= 15 is 0 Å². The van der Waals surface area contributed by atoms with Crippen molar-refractivity contribution in [2.45, 2.75) is 13.5 Å². The summed E-state index contributed by atoms with van der Waals surface area (Å²) < 4.78 is 0. The van der Waals surface area contributed by atoms with Crippen LogP contribution in [0.4, 0.5) is 0 Å². The number of amides is 1. The van der Waals surface area contributed by atoms with Gasteiger partial charge < -0.3 is 4.90 Å². The molecule has 0 aliphatic rings. The summed E-state index contributed by atoms with van der Waals surface area (Å²) in [4.78, 5) is 14.4. The number of halogens is 1. The third kappa shape index (κ3) is 3.67. The SMILES string of the molecule is Cc1cscc1C(=O)N(CCBr)Cc1ccccc1. The lowest BCUT2D eigenvalue weighted by Crippen LogP contribution is -2.32. The molecule has 0 N–H and O–H groups in total. The lowest BCUT2D eigenvalue weighted by Gasteiger charge is -2.22. The first kappa shape index (κ1) is 14.3. The Hall–Kier alpha value is -1.13. The van der Waals surface area contributed by atoms with Crippen LogP contribution in [0.25, 0.3) is 0 Å².